The fraction of sp³-hybridized carbons (Fsp3) is 0.217. The van der Waals surface area contributed by atoms with Gasteiger partial charge in [-0.25, -0.2) is 4.79 Å². The quantitative estimate of drug-likeness (QED) is 0.332. The molecule has 5 nitrogen and oxygen atoms in total. The zero-order valence-electron chi connectivity index (χ0n) is 16.0. The smallest absolute Gasteiger partial charge is 0.347 e. The summed E-state index contributed by atoms with van der Waals surface area (Å²) in [6.07, 6.45) is 2.32. The van der Waals surface area contributed by atoms with Crippen LogP contribution in [0.3, 0.4) is 0 Å². The number of esters is 1. The SMILES string of the molecule is COC(=O)C(Oc1oc2ccccc2c1/C=C\C(=O)c1ccccc1)C(C)C. The molecule has 0 aliphatic heterocycles. The van der Waals surface area contributed by atoms with Crippen LogP contribution in [-0.2, 0) is 9.53 Å². The van der Waals surface area contributed by atoms with Gasteiger partial charge < -0.3 is 13.9 Å². The van der Waals surface area contributed by atoms with Crippen LogP contribution in [0.2, 0.25) is 0 Å². The van der Waals surface area contributed by atoms with Gasteiger partial charge in [-0.3, -0.25) is 4.79 Å². The molecular weight excluding hydrogens is 356 g/mol. The lowest BCUT2D eigenvalue weighted by molar-refractivity contribution is -0.151. The first-order chi connectivity index (χ1) is 13.5. The number of rotatable bonds is 7. The number of carbonyl (C=O) groups excluding carboxylic acids is 2. The fourth-order valence-electron chi connectivity index (χ4n) is 2.83. The Bertz CT molecular complexity index is 998. The Hall–Kier alpha value is -3.34. The van der Waals surface area contributed by atoms with Gasteiger partial charge in [0.1, 0.15) is 5.58 Å². The molecule has 5 heteroatoms. The van der Waals surface area contributed by atoms with E-state index in [0.717, 1.165) is 5.39 Å². The maximum absolute atomic E-state index is 12.4. The van der Waals surface area contributed by atoms with E-state index >= 15 is 0 Å². The molecule has 28 heavy (non-hydrogen) atoms. The van der Waals surface area contributed by atoms with E-state index in [0.29, 0.717) is 16.7 Å². The topological polar surface area (TPSA) is 65.7 Å². The van der Waals surface area contributed by atoms with Crippen molar-refractivity contribution in [2.24, 2.45) is 5.92 Å². The van der Waals surface area contributed by atoms with Gasteiger partial charge in [-0.1, -0.05) is 62.4 Å². The minimum atomic E-state index is -0.817. The standard InChI is InChI=1S/C23H22O5/c1-15(2)21(22(25)26-3)28-23-18(17-11-7-8-12-20(17)27-23)13-14-19(24)16-9-5-4-6-10-16/h4-15,21H,1-3H3/b14-13-. The highest BCUT2D eigenvalue weighted by atomic mass is 16.6. The van der Waals surface area contributed by atoms with Gasteiger partial charge in [0.05, 0.1) is 12.7 Å². The van der Waals surface area contributed by atoms with Crippen LogP contribution in [0.15, 0.2) is 65.1 Å². The van der Waals surface area contributed by atoms with Crippen molar-refractivity contribution in [3.8, 4) is 5.95 Å². The Morgan fingerprint density at radius 2 is 1.68 bits per heavy atom. The van der Waals surface area contributed by atoms with Gasteiger partial charge in [0.2, 0.25) is 6.10 Å². The van der Waals surface area contributed by atoms with Crippen molar-refractivity contribution in [2.75, 3.05) is 7.11 Å². The first kappa shape index (κ1) is 19.4. The molecule has 2 aromatic carbocycles. The maximum Gasteiger partial charge on any atom is 0.347 e. The highest BCUT2D eigenvalue weighted by Gasteiger charge is 2.28. The molecule has 0 amide bonds. The Labute approximate surface area is 163 Å². The summed E-state index contributed by atoms with van der Waals surface area (Å²) in [4.78, 5) is 24.5. The van der Waals surface area contributed by atoms with E-state index in [1.165, 1.54) is 13.2 Å². The van der Waals surface area contributed by atoms with Gasteiger partial charge in [0.15, 0.2) is 5.78 Å². The van der Waals surface area contributed by atoms with Crippen LogP contribution in [0, 0.1) is 5.92 Å². The lowest BCUT2D eigenvalue weighted by Crippen LogP contribution is -2.33. The van der Waals surface area contributed by atoms with Crippen molar-refractivity contribution in [2.45, 2.75) is 20.0 Å². The summed E-state index contributed by atoms with van der Waals surface area (Å²) < 4.78 is 16.5. The summed E-state index contributed by atoms with van der Waals surface area (Å²) in [6, 6.07) is 16.4. The second-order valence-corrected chi connectivity index (χ2v) is 6.67. The molecule has 0 fully saturated rings. The molecule has 0 bridgehead atoms. The van der Waals surface area contributed by atoms with Gasteiger partial charge in [-0.05, 0) is 18.2 Å². The third-order valence-corrected chi connectivity index (χ3v) is 4.33. The summed E-state index contributed by atoms with van der Waals surface area (Å²) in [5.41, 5.74) is 1.80. The van der Waals surface area contributed by atoms with E-state index < -0.39 is 12.1 Å². The van der Waals surface area contributed by atoms with Crippen molar-refractivity contribution < 1.29 is 23.5 Å². The minimum absolute atomic E-state index is 0.122. The van der Waals surface area contributed by atoms with Crippen molar-refractivity contribution in [3.05, 3.63) is 71.8 Å². The van der Waals surface area contributed by atoms with Crippen LogP contribution < -0.4 is 4.74 Å². The van der Waals surface area contributed by atoms with E-state index in [2.05, 4.69) is 0 Å². The molecule has 1 atom stereocenters. The number of ether oxygens (including phenoxy) is 2. The molecule has 1 aromatic heterocycles. The third kappa shape index (κ3) is 4.14. The molecule has 144 valence electrons. The van der Waals surface area contributed by atoms with E-state index in [9.17, 15) is 9.59 Å². The average Bonchev–Trinajstić information content (AvgIpc) is 3.07. The lowest BCUT2D eigenvalue weighted by atomic mass is 10.1. The van der Waals surface area contributed by atoms with Crippen molar-refractivity contribution >= 4 is 28.8 Å². The molecule has 0 saturated carbocycles. The summed E-state index contributed by atoms with van der Waals surface area (Å²) in [5.74, 6) is -0.554. The zero-order chi connectivity index (χ0) is 20.1. The minimum Gasteiger partial charge on any atom is -0.466 e. The number of hydrogen-bond donors (Lipinski definition) is 0. The molecule has 3 rings (SSSR count). The van der Waals surface area contributed by atoms with Gasteiger partial charge in [-0.15, -0.1) is 0 Å². The third-order valence-electron chi connectivity index (χ3n) is 4.33. The number of methoxy groups -OCH3 is 1. The molecule has 0 aliphatic carbocycles. The molecule has 0 aliphatic rings. The Morgan fingerprint density at radius 3 is 2.36 bits per heavy atom. The number of fused-ring (bicyclic) bond motifs is 1. The molecular formula is C23H22O5. The predicted octanol–water partition coefficient (Wildman–Crippen LogP) is 4.91. The van der Waals surface area contributed by atoms with Gasteiger partial charge in [0.25, 0.3) is 5.95 Å². The Morgan fingerprint density at radius 1 is 1.00 bits per heavy atom. The highest BCUT2D eigenvalue weighted by molar-refractivity contribution is 6.08. The Balaban J connectivity index is 1.98. The van der Waals surface area contributed by atoms with Crippen molar-refractivity contribution in [1.29, 1.82) is 0 Å². The predicted molar refractivity (Wildman–Crippen MR) is 107 cm³/mol. The second-order valence-electron chi connectivity index (χ2n) is 6.67. The summed E-state index contributed by atoms with van der Waals surface area (Å²) in [7, 11) is 1.32. The molecule has 0 N–H and O–H groups in total. The molecule has 0 spiro atoms. The first-order valence-corrected chi connectivity index (χ1v) is 9.04. The van der Waals surface area contributed by atoms with Crippen molar-refractivity contribution in [3.63, 3.8) is 0 Å². The molecule has 1 heterocycles. The molecule has 0 saturated heterocycles. The highest BCUT2D eigenvalue weighted by Crippen LogP contribution is 2.34. The number of para-hydroxylation sites is 1. The number of furan rings is 1. The van der Waals surface area contributed by atoms with E-state index in [-0.39, 0.29) is 17.6 Å². The van der Waals surface area contributed by atoms with Crippen LogP contribution >= 0.6 is 0 Å². The number of benzene rings is 2. The van der Waals surface area contributed by atoms with E-state index in [4.69, 9.17) is 13.9 Å². The van der Waals surface area contributed by atoms with Crippen LogP contribution in [0.5, 0.6) is 5.95 Å². The molecule has 3 aromatic rings. The fourth-order valence-corrected chi connectivity index (χ4v) is 2.83. The number of hydrogen-bond acceptors (Lipinski definition) is 5. The maximum atomic E-state index is 12.4. The number of allylic oxidation sites excluding steroid dienone is 1. The van der Waals surface area contributed by atoms with Crippen LogP contribution in [-0.4, -0.2) is 25.0 Å². The van der Waals surface area contributed by atoms with E-state index in [1.807, 2.05) is 50.2 Å². The summed E-state index contributed by atoms with van der Waals surface area (Å²) >= 11 is 0. The van der Waals surface area contributed by atoms with Gasteiger partial charge in [0, 0.05) is 16.9 Å². The monoisotopic (exact) mass is 378 g/mol. The second kappa shape index (κ2) is 8.57. The zero-order valence-corrected chi connectivity index (χ0v) is 16.0. The van der Waals surface area contributed by atoms with Crippen LogP contribution in [0.25, 0.3) is 17.0 Å². The van der Waals surface area contributed by atoms with Crippen LogP contribution in [0.1, 0.15) is 29.8 Å². The first-order valence-electron chi connectivity index (χ1n) is 9.04. The average molecular weight is 378 g/mol. The number of ketones is 1. The van der Waals surface area contributed by atoms with Crippen molar-refractivity contribution in [1.82, 2.24) is 0 Å². The summed E-state index contributed by atoms with van der Waals surface area (Å²) in [6.45, 7) is 3.72. The van der Waals surface area contributed by atoms with Crippen LogP contribution in [0.4, 0.5) is 0 Å². The van der Waals surface area contributed by atoms with Gasteiger partial charge in [-0.2, -0.15) is 0 Å². The van der Waals surface area contributed by atoms with Gasteiger partial charge >= 0.3 is 5.97 Å². The molecule has 0 radical (unpaired) electrons. The van der Waals surface area contributed by atoms with E-state index in [1.54, 1.807) is 24.3 Å². The lowest BCUT2D eigenvalue weighted by Gasteiger charge is -2.18. The normalized spacial score (nSPS) is 12.4. The largest absolute Gasteiger partial charge is 0.466 e. The molecule has 1 unspecified atom stereocenters. The number of carbonyl (C=O) groups is 2. The Kier molecular flexibility index (Phi) is 5.94. The summed E-state index contributed by atoms with van der Waals surface area (Å²) in [5, 5.41) is 0.794.